The number of Topliss-reactive ketones (excluding diaryl/α,β-unsaturated/α-hetero) is 1. The molecule has 144 valence electrons. The van der Waals surface area contributed by atoms with Gasteiger partial charge in [-0.05, 0) is 42.6 Å². The Balaban J connectivity index is 1.81. The molecule has 2 heterocycles. The van der Waals surface area contributed by atoms with Gasteiger partial charge in [-0.15, -0.1) is 0 Å². The Labute approximate surface area is 152 Å². The zero-order valence-corrected chi connectivity index (χ0v) is 15.3. The smallest absolute Gasteiger partial charge is 0.208 e. The summed E-state index contributed by atoms with van der Waals surface area (Å²) < 4.78 is 5.80. The van der Waals surface area contributed by atoms with Gasteiger partial charge in [-0.2, -0.15) is 0 Å². The van der Waals surface area contributed by atoms with Crippen molar-refractivity contribution in [3.05, 3.63) is 12.2 Å². The minimum absolute atomic E-state index is 0.0966. The van der Waals surface area contributed by atoms with Crippen LogP contribution in [-0.4, -0.2) is 56.9 Å². The van der Waals surface area contributed by atoms with Crippen LogP contribution >= 0.6 is 0 Å². The molecule has 6 nitrogen and oxygen atoms in total. The molecule has 0 aromatic carbocycles. The van der Waals surface area contributed by atoms with Crippen LogP contribution in [0.5, 0.6) is 0 Å². The van der Waals surface area contributed by atoms with Crippen LogP contribution in [0.2, 0.25) is 0 Å². The topological polar surface area (TPSA) is 107 Å². The number of aliphatic hydroxyl groups is 4. The molecule has 6 aliphatic rings. The van der Waals surface area contributed by atoms with Gasteiger partial charge < -0.3 is 25.2 Å². The molecule has 4 aliphatic carbocycles. The molecule has 9 atom stereocenters. The third kappa shape index (κ3) is 1.41. The molecular formula is C20H28O6. The molecule has 2 aliphatic heterocycles. The second kappa shape index (κ2) is 4.61. The van der Waals surface area contributed by atoms with Gasteiger partial charge in [-0.3, -0.25) is 4.79 Å². The third-order valence-electron chi connectivity index (χ3n) is 8.88. The minimum Gasteiger partial charge on any atom is -0.392 e. The summed E-state index contributed by atoms with van der Waals surface area (Å²) in [6.45, 7) is 8.07. The van der Waals surface area contributed by atoms with Gasteiger partial charge in [0, 0.05) is 17.3 Å². The van der Waals surface area contributed by atoms with Crippen molar-refractivity contribution in [3.8, 4) is 0 Å². The molecule has 4 N–H and O–H groups in total. The molecule has 6 heteroatoms. The van der Waals surface area contributed by atoms with E-state index in [1.165, 1.54) is 0 Å². The van der Waals surface area contributed by atoms with Crippen molar-refractivity contribution >= 4 is 5.78 Å². The highest BCUT2D eigenvalue weighted by Gasteiger charge is 2.86. The van der Waals surface area contributed by atoms with Gasteiger partial charge in [-0.1, -0.05) is 20.4 Å². The fraction of sp³-hybridized carbons (Fsp3) is 0.850. The van der Waals surface area contributed by atoms with Crippen LogP contribution in [0.25, 0.3) is 0 Å². The van der Waals surface area contributed by atoms with Crippen LogP contribution in [0, 0.1) is 34.0 Å². The molecule has 4 saturated carbocycles. The number of hydrogen-bond acceptors (Lipinski definition) is 6. The van der Waals surface area contributed by atoms with Crippen LogP contribution in [0.3, 0.4) is 0 Å². The number of carbonyl (C=O) groups excluding carboxylic acids is 1. The fourth-order valence-corrected chi connectivity index (χ4v) is 7.90. The van der Waals surface area contributed by atoms with Crippen molar-refractivity contribution in [2.75, 3.05) is 6.61 Å². The molecule has 0 amide bonds. The van der Waals surface area contributed by atoms with Crippen LogP contribution in [0.1, 0.15) is 39.5 Å². The number of fused-ring (bicyclic) bond motifs is 2. The maximum Gasteiger partial charge on any atom is 0.208 e. The van der Waals surface area contributed by atoms with E-state index in [9.17, 15) is 25.2 Å². The monoisotopic (exact) mass is 364 g/mol. The van der Waals surface area contributed by atoms with Crippen LogP contribution < -0.4 is 0 Å². The average molecular weight is 364 g/mol. The van der Waals surface area contributed by atoms with E-state index >= 15 is 0 Å². The molecule has 2 spiro atoms. The second-order valence-corrected chi connectivity index (χ2v) is 9.97. The lowest BCUT2D eigenvalue weighted by Crippen LogP contribution is -2.85. The van der Waals surface area contributed by atoms with Crippen LogP contribution in [-0.2, 0) is 9.53 Å². The Morgan fingerprint density at radius 1 is 1.12 bits per heavy atom. The highest BCUT2D eigenvalue weighted by atomic mass is 16.6. The van der Waals surface area contributed by atoms with Gasteiger partial charge in [0.25, 0.3) is 0 Å². The first-order valence-electron chi connectivity index (χ1n) is 9.71. The zero-order chi connectivity index (χ0) is 18.9. The molecule has 4 bridgehead atoms. The zero-order valence-electron chi connectivity index (χ0n) is 15.3. The molecule has 0 aromatic heterocycles. The molecule has 1 unspecified atom stereocenters. The fourth-order valence-electron chi connectivity index (χ4n) is 7.90. The molecule has 0 radical (unpaired) electrons. The molecule has 0 aromatic rings. The summed E-state index contributed by atoms with van der Waals surface area (Å²) >= 11 is 0. The Morgan fingerprint density at radius 2 is 1.81 bits per heavy atom. The standard InChI is InChI=1S/C20H28O6/c1-9-10-4-5-11-18-8-26-20(25,19(11,14(9)22)15(10)23)16(24)13(18)17(2,3)7-6-12(18)21/h10-13,15-16,21,23-25H,1,4-8H2,2-3H3/t10-,11-,12-,13+,15+,16+,18+,19-,20?/m0/s1. The van der Waals surface area contributed by atoms with E-state index in [1.54, 1.807) is 0 Å². The van der Waals surface area contributed by atoms with E-state index in [0.717, 1.165) is 6.42 Å². The van der Waals surface area contributed by atoms with Gasteiger partial charge in [0.2, 0.25) is 5.79 Å². The maximum atomic E-state index is 13.3. The van der Waals surface area contributed by atoms with E-state index in [4.69, 9.17) is 4.74 Å². The number of rotatable bonds is 0. The van der Waals surface area contributed by atoms with E-state index in [1.807, 2.05) is 13.8 Å². The molecule has 2 saturated heterocycles. The minimum atomic E-state index is -2.15. The summed E-state index contributed by atoms with van der Waals surface area (Å²) in [6, 6.07) is 0. The first-order chi connectivity index (χ1) is 12.1. The SMILES string of the molecule is C=C1C(=O)[C@]23[C@H](O)[C@H]1CC[C@H]2[C@@]12COC3(O)[C@H](O)[C@@H]1C(C)(C)CC[C@@H]2O. The predicted molar refractivity (Wildman–Crippen MR) is 90.7 cm³/mol. The predicted octanol–water partition coefficient (Wildman–Crippen LogP) is 0.376. The van der Waals surface area contributed by atoms with E-state index in [-0.39, 0.29) is 12.0 Å². The van der Waals surface area contributed by atoms with Gasteiger partial charge in [0.15, 0.2) is 5.78 Å². The normalized spacial score (nSPS) is 59.9. The van der Waals surface area contributed by atoms with Crippen molar-refractivity contribution in [1.82, 2.24) is 0 Å². The Hall–Kier alpha value is -0.790. The van der Waals surface area contributed by atoms with Crippen molar-refractivity contribution < 1.29 is 30.0 Å². The van der Waals surface area contributed by atoms with Crippen molar-refractivity contribution in [1.29, 1.82) is 0 Å². The van der Waals surface area contributed by atoms with Crippen molar-refractivity contribution in [3.63, 3.8) is 0 Å². The van der Waals surface area contributed by atoms with Gasteiger partial charge in [0.1, 0.15) is 11.5 Å². The Bertz CT molecular complexity index is 717. The Morgan fingerprint density at radius 3 is 2.50 bits per heavy atom. The third-order valence-corrected chi connectivity index (χ3v) is 8.88. The summed E-state index contributed by atoms with van der Waals surface area (Å²) in [5.41, 5.74) is -2.49. The molecular weight excluding hydrogens is 336 g/mol. The lowest BCUT2D eigenvalue weighted by atomic mass is 9.35. The number of ether oxygens (including phenoxy) is 1. The van der Waals surface area contributed by atoms with E-state index in [0.29, 0.717) is 24.8 Å². The summed E-state index contributed by atoms with van der Waals surface area (Å²) in [5.74, 6) is -3.80. The van der Waals surface area contributed by atoms with E-state index in [2.05, 4.69) is 6.58 Å². The molecule has 6 rings (SSSR count). The quantitative estimate of drug-likeness (QED) is 0.463. The van der Waals surface area contributed by atoms with Crippen molar-refractivity contribution in [2.45, 2.75) is 63.6 Å². The molecule has 6 fully saturated rings. The largest absolute Gasteiger partial charge is 0.392 e. The molecule has 26 heavy (non-hydrogen) atoms. The second-order valence-electron chi connectivity index (χ2n) is 9.97. The van der Waals surface area contributed by atoms with Gasteiger partial charge in [-0.25, -0.2) is 0 Å². The summed E-state index contributed by atoms with van der Waals surface area (Å²) in [7, 11) is 0. The maximum absolute atomic E-state index is 13.3. The number of hydrogen-bond donors (Lipinski definition) is 4. The average Bonchev–Trinajstić information content (AvgIpc) is 2.69. The summed E-state index contributed by atoms with van der Waals surface area (Å²) in [5, 5.41) is 45.1. The number of aliphatic hydroxyl groups excluding tert-OH is 3. The highest BCUT2D eigenvalue weighted by molar-refractivity contribution is 6.05. The number of ketones is 1. The lowest BCUT2D eigenvalue weighted by molar-refractivity contribution is -0.458. The van der Waals surface area contributed by atoms with E-state index < -0.39 is 58.5 Å². The highest BCUT2D eigenvalue weighted by Crippen LogP contribution is 2.76. The van der Waals surface area contributed by atoms with Crippen molar-refractivity contribution in [2.24, 2.45) is 34.0 Å². The summed E-state index contributed by atoms with van der Waals surface area (Å²) in [6.07, 6.45) is -0.747. The first-order valence-corrected chi connectivity index (χ1v) is 9.71. The first kappa shape index (κ1) is 17.3. The van der Waals surface area contributed by atoms with Gasteiger partial charge in [0.05, 0.1) is 18.8 Å². The van der Waals surface area contributed by atoms with Crippen LogP contribution in [0.15, 0.2) is 12.2 Å². The van der Waals surface area contributed by atoms with Crippen LogP contribution in [0.4, 0.5) is 0 Å². The Kier molecular flexibility index (Phi) is 3.07. The lowest BCUT2D eigenvalue weighted by Gasteiger charge is -2.74. The summed E-state index contributed by atoms with van der Waals surface area (Å²) in [4.78, 5) is 13.3. The van der Waals surface area contributed by atoms with Gasteiger partial charge >= 0.3 is 0 Å². The number of carbonyl (C=O) groups is 1.